The number of hydrogen-bond acceptors (Lipinski definition) is 5. The second-order valence-corrected chi connectivity index (χ2v) is 7.80. The van der Waals surface area contributed by atoms with Crippen LogP contribution in [-0.4, -0.2) is 38.9 Å². The Balaban J connectivity index is 1.70. The van der Waals surface area contributed by atoms with Crippen LogP contribution in [0, 0.1) is 0 Å². The Kier molecular flexibility index (Phi) is 3.29. The molecule has 0 aliphatic carbocycles. The fraction of sp³-hybridized carbons (Fsp3) is 0.857. The highest BCUT2D eigenvalue weighted by Crippen LogP contribution is 2.41. The third-order valence-electron chi connectivity index (χ3n) is 4.39. The van der Waals surface area contributed by atoms with Gasteiger partial charge in [-0.3, -0.25) is 0 Å². The van der Waals surface area contributed by atoms with Gasteiger partial charge in [-0.05, 0) is 53.5 Å². The van der Waals surface area contributed by atoms with Gasteiger partial charge < -0.3 is 10.2 Å². The van der Waals surface area contributed by atoms with Crippen molar-refractivity contribution in [3.05, 3.63) is 5.82 Å². The van der Waals surface area contributed by atoms with Gasteiger partial charge in [0.2, 0.25) is 5.13 Å². The van der Waals surface area contributed by atoms with Crippen LogP contribution in [0.4, 0.5) is 5.13 Å². The third kappa shape index (κ3) is 2.77. The SMILES string of the molecule is CN1C2CCC1CC(c1nsc(NC(C)(C)C)n1)C2. The average molecular weight is 280 g/mol. The molecule has 1 N–H and O–H groups in total. The summed E-state index contributed by atoms with van der Waals surface area (Å²) in [5, 5.41) is 4.39. The lowest BCUT2D eigenvalue weighted by Gasteiger charge is -2.35. The monoisotopic (exact) mass is 280 g/mol. The zero-order valence-electron chi connectivity index (χ0n) is 12.3. The Morgan fingerprint density at radius 2 is 1.84 bits per heavy atom. The molecule has 2 aliphatic heterocycles. The summed E-state index contributed by atoms with van der Waals surface area (Å²) in [7, 11) is 2.28. The maximum absolute atomic E-state index is 4.72. The Hall–Kier alpha value is -0.680. The molecule has 2 bridgehead atoms. The normalized spacial score (nSPS) is 31.7. The molecule has 0 spiro atoms. The van der Waals surface area contributed by atoms with Crippen LogP contribution in [0.2, 0.25) is 0 Å². The zero-order valence-corrected chi connectivity index (χ0v) is 13.1. The maximum Gasteiger partial charge on any atom is 0.202 e. The first-order valence-corrected chi connectivity index (χ1v) is 8.03. The van der Waals surface area contributed by atoms with Crippen molar-refractivity contribution in [1.29, 1.82) is 0 Å². The quantitative estimate of drug-likeness (QED) is 0.904. The molecule has 0 saturated carbocycles. The molecule has 106 valence electrons. The van der Waals surface area contributed by atoms with Crippen molar-refractivity contribution >= 4 is 16.7 Å². The molecule has 0 amide bonds. The fourth-order valence-corrected chi connectivity index (χ4v) is 4.25. The first kappa shape index (κ1) is 13.3. The minimum atomic E-state index is 0.0581. The zero-order chi connectivity index (χ0) is 13.6. The summed E-state index contributed by atoms with van der Waals surface area (Å²) in [6.07, 6.45) is 5.18. The first-order chi connectivity index (χ1) is 8.92. The predicted octanol–water partition coefficient (Wildman–Crippen LogP) is 3.09. The number of rotatable bonds is 2. The van der Waals surface area contributed by atoms with Crippen molar-refractivity contribution in [2.75, 3.05) is 12.4 Å². The first-order valence-electron chi connectivity index (χ1n) is 7.26. The number of fused-ring (bicyclic) bond motifs is 2. The largest absolute Gasteiger partial charge is 0.356 e. The predicted molar refractivity (Wildman–Crippen MR) is 79.8 cm³/mol. The molecule has 5 heteroatoms. The molecule has 2 fully saturated rings. The minimum absolute atomic E-state index is 0.0581. The van der Waals surface area contributed by atoms with Gasteiger partial charge in [0.05, 0.1) is 0 Å². The summed E-state index contributed by atoms with van der Waals surface area (Å²) in [6, 6.07) is 1.51. The van der Waals surface area contributed by atoms with Gasteiger partial charge in [0, 0.05) is 35.1 Å². The molecule has 0 radical (unpaired) electrons. The van der Waals surface area contributed by atoms with Crippen molar-refractivity contribution in [3.8, 4) is 0 Å². The fourth-order valence-electron chi connectivity index (χ4n) is 3.39. The van der Waals surface area contributed by atoms with Crippen molar-refractivity contribution in [1.82, 2.24) is 14.3 Å². The highest BCUT2D eigenvalue weighted by atomic mass is 32.1. The van der Waals surface area contributed by atoms with Crippen LogP contribution in [0.25, 0.3) is 0 Å². The van der Waals surface area contributed by atoms with Crippen LogP contribution in [0.1, 0.15) is 58.2 Å². The van der Waals surface area contributed by atoms with Crippen LogP contribution >= 0.6 is 11.5 Å². The molecule has 2 unspecified atom stereocenters. The number of nitrogens with one attached hydrogen (secondary N) is 1. The van der Waals surface area contributed by atoms with Crippen molar-refractivity contribution in [2.24, 2.45) is 0 Å². The summed E-state index contributed by atoms with van der Waals surface area (Å²) in [6.45, 7) is 6.47. The molecule has 1 aromatic heterocycles. The Morgan fingerprint density at radius 3 is 2.42 bits per heavy atom. The molecule has 2 aliphatic rings. The van der Waals surface area contributed by atoms with E-state index in [2.05, 4.69) is 42.4 Å². The van der Waals surface area contributed by atoms with Crippen molar-refractivity contribution < 1.29 is 0 Å². The van der Waals surface area contributed by atoms with Crippen LogP contribution in [0.15, 0.2) is 0 Å². The molecule has 2 atom stereocenters. The second kappa shape index (κ2) is 4.70. The van der Waals surface area contributed by atoms with Crippen LogP contribution < -0.4 is 5.32 Å². The summed E-state index contributed by atoms with van der Waals surface area (Å²) in [5.74, 6) is 1.64. The lowest BCUT2D eigenvalue weighted by Crippen LogP contribution is -2.39. The van der Waals surface area contributed by atoms with Crippen molar-refractivity contribution in [2.45, 2.75) is 70.0 Å². The molecule has 1 aromatic rings. The number of hydrogen-bond donors (Lipinski definition) is 1. The second-order valence-electron chi connectivity index (χ2n) is 7.05. The van der Waals surface area contributed by atoms with Gasteiger partial charge in [0.1, 0.15) is 5.82 Å². The van der Waals surface area contributed by atoms with Gasteiger partial charge in [-0.25, -0.2) is 4.98 Å². The van der Waals surface area contributed by atoms with E-state index in [-0.39, 0.29) is 5.54 Å². The smallest absolute Gasteiger partial charge is 0.202 e. The highest BCUT2D eigenvalue weighted by Gasteiger charge is 2.40. The van der Waals surface area contributed by atoms with E-state index in [0.29, 0.717) is 5.92 Å². The van der Waals surface area contributed by atoms with E-state index in [1.54, 1.807) is 0 Å². The highest BCUT2D eigenvalue weighted by molar-refractivity contribution is 7.09. The van der Waals surface area contributed by atoms with E-state index in [1.807, 2.05) is 0 Å². The van der Waals surface area contributed by atoms with E-state index in [1.165, 1.54) is 37.2 Å². The number of aromatic nitrogens is 2. The molecule has 2 saturated heterocycles. The topological polar surface area (TPSA) is 41.1 Å². The molecule has 3 rings (SSSR count). The van der Waals surface area contributed by atoms with E-state index >= 15 is 0 Å². The standard InChI is InChI=1S/C14H24N4S/c1-14(2,3)16-13-15-12(17-19-13)9-7-10-5-6-11(8-9)18(10)4/h9-11H,5-8H2,1-4H3,(H,15,16,17). The molecular formula is C14H24N4S. The van der Waals surface area contributed by atoms with Gasteiger partial charge in [-0.15, -0.1) is 0 Å². The van der Waals surface area contributed by atoms with Crippen LogP contribution in [-0.2, 0) is 0 Å². The molecule has 3 heterocycles. The van der Waals surface area contributed by atoms with Gasteiger partial charge in [0.15, 0.2) is 0 Å². The van der Waals surface area contributed by atoms with E-state index in [4.69, 9.17) is 4.98 Å². The summed E-state index contributed by atoms with van der Waals surface area (Å²) < 4.78 is 4.60. The lowest BCUT2D eigenvalue weighted by molar-refractivity contribution is 0.159. The minimum Gasteiger partial charge on any atom is -0.356 e. The average Bonchev–Trinajstić information content (AvgIpc) is 2.80. The lowest BCUT2D eigenvalue weighted by atomic mass is 9.90. The Morgan fingerprint density at radius 1 is 1.21 bits per heavy atom. The molecule has 0 aromatic carbocycles. The van der Waals surface area contributed by atoms with Gasteiger partial charge >= 0.3 is 0 Å². The van der Waals surface area contributed by atoms with Gasteiger partial charge in [0.25, 0.3) is 0 Å². The van der Waals surface area contributed by atoms with Gasteiger partial charge in [-0.2, -0.15) is 4.37 Å². The van der Waals surface area contributed by atoms with E-state index in [9.17, 15) is 0 Å². The Labute approximate surface area is 119 Å². The van der Waals surface area contributed by atoms with Gasteiger partial charge in [-0.1, -0.05) is 0 Å². The number of nitrogens with zero attached hydrogens (tertiary/aromatic N) is 3. The molecule has 19 heavy (non-hydrogen) atoms. The summed E-state index contributed by atoms with van der Waals surface area (Å²) in [5.41, 5.74) is 0.0581. The molecule has 4 nitrogen and oxygen atoms in total. The number of piperidine rings is 1. The maximum atomic E-state index is 4.72. The summed E-state index contributed by atoms with van der Waals surface area (Å²) in [4.78, 5) is 7.29. The van der Waals surface area contributed by atoms with E-state index in [0.717, 1.165) is 23.0 Å². The van der Waals surface area contributed by atoms with Crippen molar-refractivity contribution in [3.63, 3.8) is 0 Å². The number of anilines is 1. The van der Waals surface area contributed by atoms with Crippen LogP contribution in [0.5, 0.6) is 0 Å². The van der Waals surface area contributed by atoms with E-state index < -0.39 is 0 Å². The Bertz CT molecular complexity index is 437. The third-order valence-corrected chi connectivity index (χ3v) is 5.03. The summed E-state index contributed by atoms with van der Waals surface area (Å²) >= 11 is 1.51. The van der Waals surface area contributed by atoms with Crippen LogP contribution in [0.3, 0.4) is 0 Å². The molecular weight excluding hydrogens is 256 g/mol.